The summed E-state index contributed by atoms with van der Waals surface area (Å²) < 4.78 is 0. The van der Waals surface area contributed by atoms with Gasteiger partial charge in [0.05, 0.1) is 6.42 Å². The Morgan fingerprint density at radius 3 is 2.83 bits per heavy atom. The highest BCUT2D eigenvalue weighted by Crippen LogP contribution is 2.29. The molecule has 0 unspecified atom stereocenters. The predicted octanol–water partition coefficient (Wildman–Crippen LogP) is 2.50. The van der Waals surface area contributed by atoms with Crippen molar-refractivity contribution in [1.29, 1.82) is 0 Å². The van der Waals surface area contributed by atoms with Gasteiger partial charge >= 0.3 is 0 Å². The maximum Gasteiger partial charge on any atom is 0.231 e. The Morgan fingerprint density at radius 1 is 1.28 bits per heavy atom. The van der Waals surface area contributed by atoms with Gasteiger partial charge in [0.15, 0.2) is 5.78 Å². The molecular weight excluding hydrogens is 246 g/mol. The van der Waals surface area contributed by atoms with Crippen molar-refractivity contribution in [3.63, 3.8) is 0 Å². The third-order valence-corrected chi connectivity index (χ3v) is 3.89. The third-order valence-electron chi connectivity index (χ3n) is 3.20. The highest BCUT2D eigenvalue weighted by molar-refractivity contribution is 7.08. The molecule has 4 heteroatoms. The van der Waals surface area contributed by atoms with E-state index < -0.39 is 0 Å². The van der Waals surface area contributed by atoms with Gasteiger partial charge in [-0.1, -0.05) is 0 Å². The molecule has 2 heterocycles. The molecule has 0 N–H and O–H groups in total. The fourth-order valence-corrected chi connectivity index (χ4v) is 2.81. The van der Waals surface area contributed by atoms with E-state index in [1.165, 1.54) is 11.3 Å². The van der Waals surface area contributed by atoms with Crippen molar-refractivity contribution < 1.29 is 9.59 Å². The molecule has 0 fully saturated rings. The monoisotopic (exact) mass is 257 g/mol. The standard InChI is InChI=1S/C14H11NO2S/c1-15-12-3-2-9(6-11(12)7-13(15)16)14(17)10-4-5-18-8-10/h2-6,8H,7H2,1H3. The Hall–Kier alpha value is -1.94. The average Bonchev–Trinajstić information content (AvgIpc) is 2.98. The summed E-state index contributed by atoms with van der Waals surface area (Å²) >= 11 is 1.51. The number of thiophene rings is 1. The molecule has 18 heavy (non-hydrogen) atoms. The van der Waals surface area contributed by atoms with Crippen molar-refractivity contribution in [3.05, 3.63) is 51.7 Å². The maximum atomic E-state index is 12.2. The third kappa shape index (κ3) is 1.66. The largest absolute Gasteiger partial charge is 0.315 e. The molecule has 0 bridgehead atoms. The van der Waals surface area contributed by atoms with Crippen molar-refractivity contribution in [2.45, 2.75) is 6.42 Å². The molecule has 3 nitrogen and oxygen atoms in total. The number of fused-ring (bicyclic) bond motifs is 1. The van der Waals surface area contributed by atoms with Crippen molar-refractivity contribution >= 4 is 28.7 Å². The molecule has 0 atom stereocenters. The second-order valence-electron chi connectivity index (χ2n) is 4.31. The van der Waals surface area contributed by atoms with E-state index in [9.17, 15) is 9.59 Å². The summed E-state index contributed by atoms with van der Waals surface area (Å²) in [7, 11) is 1.76. The van der Waals surface area contributed by atoms with Gasteiger partial charge in [0, 0.05) is 29.2 Å². The first-order valence-corrected chi connectivity index (χ1v) is 6.57. The number of nitrogens with zero attached hydrogens (tertiary/aromatic N) is 1. The van der Waals surface area contributed by atoms with E-state index in [2.05, 4.69) is 0 Å². The molecule has 1 aromatic carbocycles. The maximum absolute atomic E-state index is 12.2. The van der Waals surface area contributed by atoms with Crippen LogP contribution in [0.4, 0.5) is 5.69 Å². The quantitative estimate of drug-likeness (QED) is 0.775. The molecule has 2 aromatic rings. The first kappa shape index (κ1) is 11.2. The Balaban J connectivity index is 2.00. The van der Waals surface area contributed by atoms with Gasteiger partial charge in [-0.05, 0) is 35.2 Å². The Kier molecular flexibility index (Phi) is 2.52. The molecule has 0 radical (unpaired) electrons. The average molecular weight is 257 g/mol. The number of likely N-dealkylation sites (N-methyl/N-ethyl adjacent to an activating group) is 1. The first-order chi connectivity index (χ1) is 8.66. The Bertz CT molecular complexity index is 631. The van der Waals surface area contributed by atoms with Crippen LogP contribution in [0.5, 0.6) is 0 Å². The number of ketones is 1. The molecular formula is C14H11NO2S. The highest BCUT2D eigenvalue weighted by Gasteiger charge is 2.24. The molecule has 90 valence electrons. The molecule has 0 saturated carbocycles. The van der Waals surface area contributed by atoms with Gasteiger partial charge < -0.3 is 4.90 Å². The summed E-state index contributed by atoms with van der Waals surface area (Å²) in [6.45, 7) is 0. The smallest absolute Gasteiger partial charge is 0.231 e. The lowest BCUT2D eigenvalue weighted by molar-refractivity contribution is -0.117. The summed E-state index contributed by atoms with van der Waals surface area (Å²) in [6.07, 6.45) is 0.386. The number of carbonyl (C=O) groups is 2. The van der Waals surface area contributed by atoms with Crippen molar-refractivity contribution in [1.82, 2.24) is 0 Å². The van der Waals surface area contributed by atoms with Crippen molar-refractivity contribution in [2.75, 3.05) is 11.9 Å². The number of rotatable bonds is 2. The topological polar surface area (TPSA) is 37.4 Å². The van der Waals surface area contributed by atoms with Gasteiger partial charge in [0.1, 0.15) is 0 Å². The Morgan fingerprint density at radius 2 is 2.11 bits per heavy atom. The van der Waals surface area contributed by atoms with E-state index in [0.29, 0.717) is 17.5 Å². The van der Waals surface area contributed by atoms with Crippen LogP contribution in [0.2, 0.25) is 0 Å². The zero-order valence-corrected chi connectivity index (χ0v) is 10.7. The number of hydrogen-bond acceptors (Lipinski definition) is 3. The second-order valence-corrected chi connectivity index (χ2v) is 5.09. The number of benzene rings is 1. The molecule has 1 aromatic heterocycles. The molecule has 1 aliphatic heterocycles. The summed E-state index contributed by atoms with van der Waals surface area (Å²) in [5, 5.41) is 3.73. The van der Waals surface area contributed by atoms with E-state index in [1.807, 2.05) is 29.0 Å². The van der Waals surface area contributed by atoms with E-state index >= 15 is 0 Å². The zero-order valence-electron chi connectivity index (χ0n) is 9.84. The minimum Gasteiger partial charge on any atom is -0.315 e. The second kappa shape index (κ2) is 4.07. The molecule has 3 rings (SSSR count). The number of carbonyl (C=O) groups excluding carboxylic acids is 2. The minimum absolute atomic E-state index is 0.0149. The number of anilines is 1. The van der Waals surface area contributed by atoms with E-state index in [1.54, 1.807) is 18.0 Å². The van der Waals surface area contributed by atoms with Crippen molar-refractivity contribution in [2.24, 2.45) is 0 Å². The van der Waals surface area contributed by atoms with E-state index in [4.69, 9.17) is 0 Å². The lowest BCUT2D eigenvalue weighted by Gasteiger charge is -2.10. The molecule has 0 aliphatic carbocycles. The van der Waals surface area contributed by atoms with Crippen LogP contribution in [0.25, 0.3) is 0 Å². The lowest BCUT2D eigenvalue weighted by Crippen LogP contribution is -2.20. The normalized spacial score (nSPS) is 13.8. The van der Waals surface area contributed by atoms with Crippen LogP contribution in [0.3, 0.4) is 0 Å². The van der Waals surface area contributed by atoms with Gasteiger partial charge in [-0.3, -0.25) is 9.59 Å². The van der Waals surface area contributed by atoms with Crippen LogP contribution in [-0.4, -0.2) is 18.7 Å². The molecule has 1 aliphatic rings. The molecule has 0 saturated heterocycles. The lowest BCUT2D eigenvalue weighted by atomic mass is 10.0. The van der Waals surface area contributed by atoms with Gasteiger partial charge in [0.2, 0.25) is 5.91 Å². The fraction of sp³-hybridized carbons (Fsp3) is 0.143. The van der Waals surface area contributed by atoms with Crippen LogP contribution in [0.1, 0.15) is 21.5 Å². The van der Waals surface area contributed by atoms with Crippen LogP contribution in [0.15, 0.2) is 35.0 Å². The van der Waals surface area contributed by atoms with Crippen LogP contribution < -0.4 is 4.90 Å². The Labute approximate surface area is 109 Å². The predicted molar refractivity (Wildman–Crippen MR) is 71.3 cm³/mol. The van der Waals surface area contributed by atoms with Crippen LogP contribution in [0, 0.1) is 0 Å². The highest BCUT2D eigenvalue weighted by atomic mass is 32.1. The van der Waals surface area contributed by atoms with E-state index in [-0.39, 0.29) is 11.7 Å². The SMILES string of the molecule is CN1C(=O)Cc2cc(C(=O)c3ccsc3)ccc21. The van der Waals surface area contributed by atoms with Gasteiger partial charge in [-0.2, -0.15) is 11.3 Å². The number of amides is 1. The minimum atomic E-state index is 0.0149. The van der Waals surface area contributed by atoms with Crippen LogP contribution >= 0.6 is 11.3 Å². The molecule has 1 amide bonds. The van der Waals surface area contributed by atoms with Gasteiger partial charge in [-0.25, -0.2) is 0 Å². The first-order valence-electron chi connectivity index (χ1n) is 5.63. The number of hydrogen-bond donors (Lipinski definition) is 0. The summed E-state index contributed by atoms with van der Waals surface area (Å²) in [5.41, 5.74) is 3.19. The van der Waals surface area contributed by atoms with Crippen molar-refractivity contribution in [3.8, 4) is 0 Å². The summed E-state index contributed by atoms with van der Waals surface area (Å²) in [6, 6.07) is 7.28. The van der Waals surface area contributed by atoms with E-state index in [0.717, 1.165) is 11.3 Å². The van der Waals surface area contributed by atoms with Gasteiger partial charge in [0.25, 0.3) is 0 Å². The van der Waals surface area contributed by atoms with Gasteiger partial charge in [-0.15, -0.1) is 0 Å². The fourth-order valence-electron chi connectivity index (χ4n) is 2.17. The summed E-state index contributed by atoms with van der Waals surface area (Å²) in [4.78, 5) is 25.4. The molecule has 0 spiro atoms. The van der Waals surface area contributed by atoms with Crippen LogP contribution in [-0.2, 0) is 11.2 Å². The summed E-state index contributed by atoms with van der Waals surface area (Å²) in [5.74, 6) is 0.0891. The zero-order chi connectivity index (χ0) is 12.7.